The summed E-state index contributed by atoms with van der Waals surface area (Å²) in [6, 6.07) is 3.80. The van der Waals surface area contributed by atoms with Gasteiger partial charge in [-0.25, -0.2) is 0 Å². The SMILES string of the molecule is CC1(NCc2cccnc2/C(N)=N/O)CCC1. The molecule has 0 saturated heterocycles. The topological polar surface area (TPSA) is 83.5 Å². The maximum Gasteiger partial charge on any atom is 0.189 e. The number of hydrogen-bond donors (Lipinski definition) is 3. The van der Waals surface area contributed by atoms with Crippen molar-refractivity contribution in [1.82, 2.24) is 10.3 Å². The molecule has 1 aliphatic rings. The highest BCUT2D eigenvalue weighted by Crippen LogP contribution is 2.31. The lowest BCUT2D eigenvalue weighted by atomic mass is 9.78. The monoisotopic (exact) mass is 234 g/mol. The Labute approximate surface area is 101 Å². The maximum absolute atomic E-state index is 8.70. The van der Waals surface area contributed by atoms with Crippen molar-refractivity contribution < 1.29 is 5.21 Å². The van der Waals surface area contributed by atoms with Gasteiger partial charge in [-0.15, -0.1) is 0 Å². The van der Waals surface area contributed by atoms with Gasteiger partial charge in [-0.2, -0.15) is 0 Å². The molecule has 0 amide bonds. The number of pyridine rings is 1. The molecule has 0 unspecified atom stereocenters. The fourth-order valence-electron chi connectivity index (χ4n) is 2.05. The second-order valence-corrected chi connectivity index (χ2v) is 4.76. The number of nitrogens with one attached hydrogen (secondary N) is 1. The summed E-state index contributed by atoms with van der Waals surface area (Å²) in [5.41, 5.74) is 7.33. The van der Waals surface area contributed by atoms with Crippen LogP contribution in [0.2, 0.25) is 0 Å². The lowest BCUT2D eigenvalue weighted by molar-refractivity contribution is 0.206. The normalized spacial score (nSPS) is 18.8. The van der Waals surface area contributed by atoms with Gasteiger partial charge in [0.2, 0.25) is 0 Å². The van der Waals surface area contributed by atoms with Crippen molar-refractivity contribution in [3.8, 4) is 0 Å². The van der Waals surface area contributed by atoms with E-state index in [4.69, 9.17) is 10.9 Å². The average Bonchev–Trinajstić information content (AvgIpc) is 2.33. The quantitative estimate of drug-likeness (QED) is 0.316. The van der Waals surface area contributed by atoms with Crippen LogP contribution in [-0.4, -0.2) is 21.6 Å². The zero-order chi connectivity index (χ0) is 12.3. The molecule has 5 heteroatoms. The highest BCUT2D eigenvalue weighted by molar-refractivity contribution is 5.96. The second kappa shape index (κ2) is 4.71. The van der Waals surface area contributed by atoms with Gasteiger partial charge in [0.15, 0.2) is 5.84 Å². The Morgan fingerprint density at radius 2 is 2.41 bits per heavy atom. The third-order valence-corrected chi connectivity index (χ3v) is 3.40. The van der Waals surface area contributed by atoms with E-state index in [-0.39, 0.29) is 11.4 Å². The molecule has 0 bridgehead atoms. The Kier molecular flexibility index (Phi) is 3.28. The first kappa shape index (κ1) is 11.9. The first-order chi connectivity index (χ1) is 8.14. The molecular weight excluding hydrogens is 216 g/mol. The molecule has 5 nitrogen and oxygen atoms in total. The van der Waals surface area contributed by atoms with Crippen LogP contribution in [0.5, 0.6) is 0 Å². The summed E-state index contributed by atoms with van der Waals surface area (Å²) in [7, 11) is 0. The number of amidine groups is 1. The smallest absolute Gasteiger partial charge is 0.189 e. The molecule has 92 valence electrons. The molecule has 1 saturated carbocycles. The van der Waals surface area contributed by atoms with Gasteiger partial charge in [0.05, 0.1) is 0 Å². The van der Waals surface area contributed by atoms with E-state index in [1.165, 1.54) is 19.3 Å². The van der Waals surface area contributed by atoms with Crippen molar-refractivity contribution in [1.29, 1.82) is 0 Å². The maximum atomic E-state index is 8.70. The van der Waals surface area contributed by atoms with Crippen molar-refractivity contribution >= 4 is 5.84 Å². The predicted octanol–water partition coefficient (Wildman–Crippen LogP) is 1.21. The molecule has 1 aromatic rings. The fourth-order valence-corrected chi connectivity index (χ4v) is 2.05. The fraction of sp³-hybridized carbons (Fsp3) is 0.500. The highest BCUT2D eigenvalue weighted by Gasteiger charge is 2.30. The standard InChI is InChI=1S/C12H18N4O/c1-12(5-3-6-12)15-8-9-4-2-7-14-10(9)11(13)16-17/h2,4,7,15,17H,3,5-6,8H2,1H3,(H2,13,16). The van der Waals surface area contributed by atoms with Crippen molar-refractivity contribution in [3.05, 3.63) is 29.6 Å². The first-order valence-electron chi connectivity index (χ1n) is 5.81. The van der Waals surface area contributed by atoms with Gasteiger partial charge in [-0.05, 0) is 37.8 Å². The van der Waals surface area contributed by atoms with Crippen molar-refractivity contribution in [2.24, 2.45) is 10.9 Å². The largest absolute Gasteiger partial charge is 0.409 e. The second-order valence-electron chi connectivity index (χ2n) is 4.76. The third kappa shape index (κ3) is 2.55. The Morgan fingerprint density at radius 3 is 3.00 bits per heavy atom. The molecule has 1 fully saturated rings. The van der Waals surface area contributed by atoms with E-state index >= 15 is 0 Å². The van der Waals surface area contributed by atoms with E-state index in [0.29, 0.717) is 12.2 Å². The summed E-state index contributed by atoms with van der Waals surface area (Å²) < 4.78 is 0. The van der Waals surface area contributed by atoms with Gasteiger partial charge >= 0.3 is 0 Å². The van der Waals surface area contributed by atoms with Crippen molar-refractivity contribution in [2.45, 2.75) is 38.3 Å². The summed E-state index contributed by atoms with van der Waals surface area (Å²) in [4.78, 5) is 4.14. The molecule has 1 aliphatic carbocycles. The van der Waals surface area contributed by atoms with E-state index in [0.717, 1.165) is 5.56 Å². The van der Waals surface area contributed by atoms with Crippen LogP contribution in [-0.2, 0) is 6.54 Å². The minimum Gasteiger partial charge on any atom is -0.409 e. The zero-order valence-electron chi connectivity index (χ0n) is 9.98. The summed E-state index contributed by atoms with van der Waals surface area (Å²) >= 11 is 0. The van der Waals surface area contributed by atoms with E-state index in [9.17, 15) is 0 Å². The number of hydrogen-bond acceptors (Lipinski definition) is 4. The first-order valence-corrected chi connectivity index (χ1v) is 5.81. The van der Waals surface area contributed by atoms with Gasteiger partial charge < -0.3 is 16.3 Å². The molecule has 1 aromatic heterocycles. The molecule has 0 atom stereocenters. The Balaban J connectivity index is 2.09. The molecule has 0 radical (unpaired) electrons. The van der Waals surface area contributed by atoms with Crippen LogP contribution in [0.25, 0.3) is 0 Å². The summed E-state index contributed by atoms with van der Waals surface area (Å²) in [5.74, 6) is 0.0566. The van der Waals surface area contributed by atoms with E-state index in [2.05, 4.69) is 22.4 Å². The lowest BCUT2D eigenvalue weighted by Crippen LogP contribution is -2.47. The van der Waals surface area contributed by atoms with Crippen LogP contribution in [0.15, 0.2) is 23.5 Å². The highest BCUT2D eigenvalue weighted by atomic mass is 16.4. The van der Waals surface area contributed by atoms with Gasteiger partial charge in [-0.3, -0.25) is 4.98 Å². The Bertz CT molecular complexity index is 426. The molecule has 0 aromatic carbocycles. The van der Waals surface area contributed by atoms with Gasteiger partial charge in [0, 0.05) is 18.3 Å². The molecule has 17 heavy (non-hydrogen) atoms. The van der Waals surface area contributed by atoms with Gasteiger partial charge in [0.1, 0.15) is 5.69 Å². The number of rotatable bonds is 4. The molecule has 0 spiro atoms. The van der Waals surface area contributed by atoms with Crippen LogP contribution in [0.1, 0.15) is 37.4 Å². The Hall–Kier alpha value is -1.62. The molecule has 2 rings (SSSR count). The van der Waals surface area contributed by atoms with Crippen LogP contribution in [0, 0.1) is 0 Å². The van der Waals surface area contributed by atoms with E-state index < -0.39 is 0 Å². The number of nitrogens with zero attached hydrogens (tertiary/aromatic N) is 2. The predicted molar refractivity (Wildman–Crippen MR) is 65.8 cm³/mol. The van der Waals surface area contributed by atoms with Gasteiger partial charge in [-0.1, -0.05) is 11.2 Å². The van der Waals surface area contributed by atoms with Crippen LogP contribution in [0.3, 0.4) is 0 Å². The van der Waals surface area contributed by atoms with Crippen LogP contribution >= 0.6 is 0 Å². The molecule has 1 heterocycles. The summed E-state index contributed by atoms with van der Waals surface area (Å²) in [5, 5.41) is 15.2. The van der Waals surface area contributed by atoms with Gasteiger partial charge in [0.25, 0.3) is 0 Å². The average molecular weight is 234 g/mol. The minimum atomic E-state index is 0.0566. The lowest BCUT2D eigenvalue weighted by Gasteiger charge is -2.39. The Morgan fingerprint density at radius 1 is 1.65 bits per heavy atom. The summed E-state index contributed by atoms with van der Waals surface area (Å²) in [6.45, 7) is 2.91. The molecule has 0 aliphatic heterocycles. The van der Waals surface area contributed by atoms with Crippen LogP contribution < -0.4 is 11.1 Å². The zero-order valence-corrected chi connectivity index (χ0v) is 9.98. The van der Waals surface area contributed by atoms with E-state index in [1.54, 1.807) is 6.20 Å². The number of nitrogens with two attached hydrogens (primary N) is 1. The van der Waals surface area contributed by atoms with Crippen molar-refractivity contribution in [3.63, 3.8) is 0 Å². The third-order valence-electron chi connectivity index (χ3n) is 3.40. The number of oxime groups is 1. The molecular formula is C12H18N4O. The van der Waals surface area contributed by atoms with Crippen LogP contribution in [0.4, 0.5) is 0 Å². The summed E-state index contributed by atoms with van der Waals surface area (Å²) in [6.07, 6.45) is 5.32. The molecule has 4 N–H and O–H groups in total. The minimum absolute atomic E-state index is 0.0566. The number of aromatic nitrogens is 1. The van der Waals surface area contributed by atoms with Crippen molar-refractivity contribution in [2.75, 3.05) is 0 Å². The van der Waals surface area contributed by atoms with E-state index in [1.807, 2.05) is 12.1 Å².